The van der Waals surface area contributed by atoms with Crippen molar-refractivity contribution < 1.29 is 13.2 Å². The number of benzene rings is 1. The summed E-state index contributed by atoms with van der Waals surface area (Å²) in [5.41, 5.74) is 2.36. The Morgan fingerprint density at radius 1 is 1.29 bits per heavy atom. The minimum absolute atomic E-state index is 0.0577. The first-order chi connectivity index (χ1) is 7.78. The number of rotatable bonds is 5. The molecule has 0 amide bonds. The van der Waals surface area contributed by atoms with Crippen molar-refractivity contribution in [2.24, 2.45) is 11.1 Å². The number of hydrogen-bond donors (Lipinski definition) is 1. The van der Waals surface area contributed by atoms with Crippen molar-refractivity contribution in [1.82, 2.24) is 0 Å². The van der Waals surface area contributed by atoms with E-state index in [4.69, 9.17) is 9.88 Å². The SMILES string of the molecule is Cc1ccc(OCC(C)CS(N)(=O)=O)cc1C. The molecule has 0 fully saturated rings. The van der Waals surface area contributed by atoms with Gasteiger partial charge in [0.25, 0.3) is 0 Å². The highest BCUT2D eigenvalue weighted by molar-refractivity contribution is 7.89. The van der Waals surface area contributed by atoms with Gasteiger partial charge in [-0.05, 0) is 37.1 Å². The molecule has 0 aromatic heterocycles. The van der Waals surface area contributed by atoms with Gasteiger partial charge in [0.2, 0.25) is 10.0 Å². The van der Waals surface area contributed by atoms with E-state index in [0.717, 1.165) is 11.3 Å². The topological polar surface area (TPSA) is 69.4 Å². The zero-order valence-corrected chi connectivity index (χ0v) is 11.3. The summed E-state index contributed by atoms with van der Waals surface area (Å²) < 4.78 is 27.3. The lowest BCUT2D eigenvalue weighted by Gasteiger charge is -2.12. The second-order valence-corrected chi connectivity index (χ2v) is 6.15. The van der Waals surface area contributed by atoms with Gasteiger partial charge in [-0.3, -0.25) is 0 Å². The summed E-state index contributed by atoms with van der Waals surface area (Å²) >= 11 is 0. The summed E-state index contributed by atoms with van der Waals surface area (Å²) in [6.07, 6.45) is 0. The summed E-state index contributed by atoms with van der Waals surface area (Å²) in [7, 11) is -3.42. The van der Waals surface area contributed by atoms with E-state index < -0.39 is 10.0 Å². The highest BCUT2D eigenvalue weighted by Gasteiger charge is 2.11. The molecule has 2 N–H and O–H groups in total. The van der Waals surface area contributed by atoms with Gasteiger partial charge in [0.1, 0.15) is 5.75 Å². The van der Waals surface area contributed by atoms with E-state index in [0.29, 0.717) is 6.61 Å². The highest BCUT2D eigenvalue weighted by Crippen LogP contribution is 2.17. The minimum atomic E-state index is -3.42. The summed E-state index contributed by atoms with van der Waals surface area (Å²) in [4.78, 5) is 0. The second kappa shape index (κ2) is 5.51. The van der Waals surface area contributed by atoms with Crippen LogP contribution in [-0.2, 0) is 10.0 Å². The molecule has 0 spiro atoms. The van der Waals surface area contributed by atoms with Gasteiger partial charge in [0, 0.05) is 5.92 Å². The second-order valence-electron chi connectivity index (χ2n) is 4.49. The smallest absolute Gasteiger partial charge is 0.209 e. The molecule has 1 unspecified atom stereocenters. The molecule has 0 saturated carbocycles. The van der Waals surface area contributed by atoms with Crippen molar-refractivity contribution in [3.63, 3.8) is 0 Å². The average Bonchev–Trinajstić information content (AvgIpc) is 2.17. The number of nitrogens with two attached hydrogens (primary N) is 1. The van der Waals surface area contributed by atoms with E-state index in [1.807, 2.05) is 32.0 Å². The van der Waals surface area contributed by atoms with Crippen LogP contribution in [0.5, 0.6) is 5.75 Å². The van der Waals surface area contributed by atoms with Gasteiger partial charge in [0.15, 0.2) is 0 Å². The van der Waals surface area contributed by atoms with E-state index in [1.54, 1.807) is 6.92 Å². The highest BCUT2D eigenvalue weighted by atomic mass is 32.2. The number of primary sulfonamides is 1. The number of sulfonamides is 1. The van der Waals surface area contributed by atoms with Crippen molar-refractivity contribution in [2.75, 3.05) is 12.4 Å². The fraction of sp³-hybridized carbons (Fsp3) is 0.500. The van der Waals surface area contributed by atoms with Crippen LogP contribution in [0, 0.1) is 19.8 Å². The van der Waals surface area contributed by atoms with Gasteiger partial charge in [-0.15, -0.1) is 0 Å². The van der Waals surface area contributed by atoms with Crippen LogP contribution >= 0.6 is 0 Å². The van der Waals surface area contributed by atoms with Crippen LogP contribution in [0.2, 0.25) is 0 Å². The Labute approximate surface area is 103 Å². The molecule has 1 rings (SSSR count). The molecular formula is C12H19NO3S. The summed E-state index contributed by atoms with van der Waals surface area (Å²) in [6.45, 7) is 6.18. The predicted octanol–water partition coefficient (Wildman–Crippen LogP) is 1.61. The van der Waals surface area contributed by atoms with Crippen molar-refractivity contribution in [2.45, 2.75) is 20.8 Å². The lowest BCUT2D eigenvalue weighted by atomic mass is 10.1. The molecule has 5 heteroatoms. The Kier molecular flexibility index (Phi) is 4.54. The maximum absolute atomic E-state index is 10.9. The number of aryl methyl sites for hydroxylation is 2. The lowest BCUT2D eigenvalue weighted by Crippen LogP contribution is -2.25. The van der Waals surface area contributed by atoms with Crippen molar-refractivity contribution in [3.05, 3.63) is 29.3 Å². The van der Waals surface area contributed by atoms with Gasteiger partial charge < -0.3 is 4.74 Å². The van der Waals surface area contributed by atoms with E-state index >= 15 is 0 Å². The van der Waals surface area contributed by atoms with Gasteiger partial charge >= 0.3 is 0 Å². The standard InChI is InChI=1S/C12H19NO3S/c1-9(8-17(13,14)15)7-16-12-5-4-10(2)11(3)6-12/h4-6,9H,7-8H2,1-3H3,(H2,13,14,15). The third-order valence-electron chi connectivity index (χ3n) is 2.53. The molecule has 0 radical (unpaired) electrons. The van der Waals surface area contributed by atoms with Crippen LogP contribution in [0.4, 0.5) is 0 Å². The Hall–Kier alpha value is -1.07. The fourth-order valence-corrected chi connectivity index (χ4v) is 2.38. The van der Waals surface area contributed by atoms with Crippen LogP contribution in [0.3, 0.4) is 0 Å². The summed E-state index contributed by atoms with van der Waals surface area (Å²) in [5.74, 6) is 0.582. The molecule has 1 atom stereocenters. The first-order valence-corrected chi connectivity index (χ1v) is 7.20. The van der Waals surface area contributed by atoms with E-state index in [2.05, 4.69) is 0 Å². The Balaban J connectivity index is 2.53. The van der Waals surface area contributed by atoms with Crippen LogP contribution < -0.4 is 9.88 Å². The minimum Gasteiger partial charge on any atom is -0.493 e. The maximum Gasteiger partial charge on any atom is 0.209 e. The molecule has 0 aliphatic rings. The predicted molar refractivity (Wildman–Crippen MR) is 68.5 cm³/mol. The molecular weight excluding hydrogens is 238 g/mol. The average molecular weight is 257 g/mol. The molecule has 96 valence electrons. The van der Waals surface area contributed by atoms with Crippen LogP contribution in [0.1, 0.15) is 18.1 Å². The number of ether oxygens (including phenoxy) is 1. The van der Waals surface area contributed by atoms with E-state index in [9.17, 15) is 8.42 Å². The van der Waals surface area contributed by atoms with Crippen molar-refractivity contribution in [3.8, 4) is 5.75 Å². The Morgan fingerprint density at radius 2 is 1.94 bits per heavy atom. The third kappa shape index (κ3) is 5.19. The summed E-state index contributed by atoms with van der Waals surface area (Å²) in [5, 5.41) is 4.97. The zero-order chi connectivity index (χ0) is 13.1. The Bertz CT molecular complexity index is 483. The normalized spacial score (nSPS) is 13.4. The zero-order valence-electron chi connectivity index (χ0n) is 10.4. The van der Waals surface area contributed by atoms with E-state index in [-0.39, 0.29) is 11.7 Å². The molecule has 17 heavy (non-hydrogen) atoms. The van der Waals surface area contributed by atoms with Crippen LogP contribution in [-0.4, -0.2) is 20.8 Å². The van der Waals surface area contributed by atoms with Crippen molar-refractivity contribution in [1.29, 1.82) is 0 Å². The molecule has 4 nitrogen and oxygen atoms in total. The van der Waals surface area contributed by atoms with Crippen LogP contribution in [0.15, 0.2) is 18.2 Å². The quantitative estimate of drug-likeness (QED) is 0.871. The largest absolute Gasteiger partial charge is 0.493 e. The van der Waals surface area contributed by atoms with Crippen molar-refractivity contribution >= 4 is 10.0 Å². The summed E-state index contributed by atoms with van der Waals surface area (Å²) in [6, 6.07) is 5.81. The Morgan fingerprint density at radius 3 is 2.47 bits per heavy atom. The van der Waals surface area contributed by atoms with Gasteiger partial charge in [-0.2, -0.15) is 0 Å². The molecule has 0 heterocycles. The van der Waals surface area contributed by atoms with Crippen LogP contribution in [0.25, 0.3) is 0 Å². The molecule has 1 aromatic carbocycles. The first kappa shape index (κ1) is 14.0. The monoisotopic (exact) mass is 257 g/mol. The molecule has 1 aromatic rings. The van der Waals surface area contributed by atoms with E-state index in [1.165, 1.54) is 5.56 Å². The van der Waals surface area contributed by atoms with Gasteiger partial charge in [0.05, 0.1) is 12.4 Å². The molecule has 0 aliphatic carbocycles. The molecule has 0 saturated heterocycles. The lowest BCUT2D eigenvalue weighted by molar-refractivity contribution is 0.271. The number of hydrogen-bond acceptors (Lipinski definition) is 3. The molecule has 0 bridgehead atoms. The third-order valence-corrected chi connectivity index (χ3v) is 3.56. The first-order valence-electron chi connectivity index (χ1n) is 5.48. The fourth-order valence-electron chi connectivity index (χ4n) is 1.49. The molecule has 0 aliphatic heterocycles. The maximum atomic E-state index is 10.9. The van der Waals surface area contributed by atoms with Gasteiger partial charge in [-0.1, -0.05) is 13.0 Å². The van der Waals surface area contributed by atoms with Gasteiger partial charge in [-0.25, -0.2) is 13.6 Å².